The molecule has 0 bridgehead atoms. The van der Waals surface area contributed by atoms with E-state index in [9.17, 15) is 0 Å². The zero-order valence-corrected chi connectivity index (χ0v) is 10.7. The summed E-state index contributed by atoms with van der Waals surface area (Å²) in [5.41, 5.74) is 5.83. The molecule has 0 atom stereocenters. The number of aromatic nitrogens is 6. The van der Waals surface area contributed by atoms with Crippen LogP contribution >= 0.6 is 0 Å². The fourth-order valence-electron chi connectivity index (χ4n) is 2.26. The van der Waals surface area contributed by atoms with Crippen LogP contribution in [0.5, 0.6) is 0 Å². The van der Waals surface area contributed by atoms with Gasteiger partial charge < -0.3 is 11.1 Å². The summed E-state index contributed by atoms with van der Waals surface area (Å²) in [6.07, 6.45) is 7.49. The van der Waals surface area contributed by atoms with Gasteiger partial charge in [-0.3, -0.25) is 0 Å². The van der Waals surface area contributed by atoms with Crippen molar-refractivity contribution >= 4 is 11.9 Å². The Kier molecular flexibility index (Phi) is 2.77. The van der Waals surface area contributed by atoms with E-state index in [-0.39, 0.29) is 11.5 Å². The lowest BCUT2D eigenvalue weighted by Gasteiger charge is -2.41. The minimum absolute atomic E-state index is 0.105. The third-order valence-corrected chi connectivity index (χ3v) is 3.63. The lowest BCUT2D eigenvalue weighted by Crippen LogP contribution is -2.44. The van der Waals surface area contributed by atoms with Crippen molar-refractivity contribution in [3.05, 3.63) is 12.7 Å². The number of nitrogens with two attached hydrogens (primary N) is 1. The van der Waals surface area contributed by atoms with E-state index >= 15 is 0 Å². The summed E-state index contributed by atoms with van der Waals surface area (Å²) in [5.74, 6) is 1.05. The molecule has 8 heteroatoms. The fourth-order valence-corrected chi connectivity index (χ4v) is 2.26. The van der Waals surface area contributed by atoms with Crippen molar-refractivity contribution < 1.29 is 0 Å². The lowest BCUT2D eigenvalue weighted by atomic mass is 9.75. The van der Waals surface area contributed by atoms with E-state index in [1.807, 2.05) is 0 Å². The SMILES string of the molecule is CCC1(Nc2nc(N)nc(-n3cncn3)n2)CCC1. The van der Waals surface area contributed by atoms with Gasteiger partial charge in [-0.05, 0) is 25.7 Å². The quantitative estimate of drug-likeness (QED) is 0.836. The van der Waals surface area contributed by atoms with Crippen LogP contribution in [0.1, 0.15) is 32.6 Å². The maximum atomic E-state index is 5.72. The zero-order chi connectivity index (χ0) is 13.3. The van der Waals surface area contributed by atoms with Crippen molar-refractivity contribution in [2.75, 3.05) is 11.1 Å². The highest BCUT2D eigenvalue weighted by Crippen LogP contribution is 2.37. The average molecular weight is 260 g/mol. The molecule has 19 heavy (non-hydrogen) atoms. The number of nitrogens with one attached hydrogen (secondary N) is 1. The molecule has 2 aromatic heterocycles. The van der Waals surface area contributed by atoms with Gasteiger partial charge in [-0.25, -0.2) is 4.98 Å². The van der Waals surface area contributed by atoms with E-state index in [0.717, 1.165) is 19.3 Å². The average Bonchev–Trinajstić information content (AvgIpc) is 2.87. The van der Waals surface area contributed by atoms with Crippen LogP contribution in [0.25, 0.3) is 5.95 Å². The van der Waals surface area contributed by atoms with Gasteiger partial charge >= 0.3 is 0 Å². The van der Waals surface area contributed by atoms with E-state index in [4.69, 9.17) is 5.73 Å². The summed E-state index contributed by atoms with van der Waals surface area (Å²) in [5, 5.41) is 7.37. The number of hydrogen-bond acceptors (Lipinski definition) is 7. The molecule has 1 fully saturated rings. The van der Waals surface area contributed by atoms with Crippen LogP contribution in [0.2, 0.25) is 0 Å². The predicted molar refractivity (Wildman–Crippen MR) is 69.7 cm³/mol. The number of hydrogen-bond donors (Lipinski definition) is 2. The summed E-state index contributed by atoms with van der Waals surface area (Å²) in [7, 11) is 0. The molecule has 1 aliphatic rings. The third kappa shape index (κ3) is 2.20. The molecule has 3 N–H and O–H groups in total. The van der Waals surface area contributed by atoms with Crippen LogP contribution in [0.4, 0.5) is 11.9 Å². The number of nitrogens with zero attached hydrogens (tertiary/aromatic N) is 6. The van der Waals surface area contributed by atoms with Gasteiger partial charge in [-0.2, -0.15) is 24.7 Å². The molecule has 8 nitrogen and oxygen atoms in total. The molecule has 0 saturated heterocycles. The number of nitrogen functional groups attached to an aromatic ring is 1. The second-order valence-corrected chi connectivity index (χ2v) is 4.77. The molecule has 1 aliphatic carbocycles. The van der Waals surface area contributed by atoms with Crippen LogP contribution in [0.3, 0.4) is 0 Å². The van der Waals surface area contributed by atoms with Gasteiger partial charge in [0.2, 0.25) is 11.9 Å². The maximum absolute atomic E-state index is 5.72. The first kappa shape index (κ1) is 11.8. The second kappa shape index (κ2) is 4.45. The van der Waals surface area contributed by atoms with Crippen LogP contribution < -0.4 is 11.1 Å². The van der Waals surface area contributed by atoms with Gasteiger partial charge in [0.15, 0.2) is 0 Å². The van der Waals surface area contributed by atoms with E-state index in [0.29, 0.717) is 11.9 Å². The van der Waals surface area contributed by atoms with Crippen molar-refractivity contribution in [3.63, 3.8) is 0 Å². The van der Waals surface area contributed by atoms with Crippen LogP contribution in [-0.2, 0) is 0 Å². The summed E-state index contributed by atoms with van der Waals surface area (Å²) >= 11 is 0. The van der Waals surface area contributed by atoms with Crippen molar-refractivity contribution in [1.29, 1.82) is 0 Å². The smallest absolute Gasteiger partial charge is 0.258 e. The Morgan fingerprint density at radius 3 is 2.79 bits per heavy atom. The molecule has 0 amide bonds. The standard InChI is InChI=1S/C11H16N8/c1-2-11(4-3-5-11)18-9-15-8(12)16-10(17-9)19-7-13-6-14-19/h6-7H,2-5H2,1H3,(H3,12,15,16,17,18). The summed E-state index contributed by atoms with van der Waals surface area (Å²) in [4.78, 5) is 16.4. The normalized spacial score (nSPS) is 16.9. The second-order valence-electron chi connectivity index (χ2n) is 4.77. The Balaban J connectivity index is 1.90. The van der Waals surface area contributed by atoms with E-state index in [1.54, 1.807) is 0 Å². The van der Waals surface area contributed by atoms with E-state index in [2.05, 4.69) is 37.3 Å². The monoisotopic (exact) mass is 260 g/mol. The van der Waals surface area contributed by atoms with Crippen molar-refractivity contribution in [3.8, 4) is 5.95 Å². The first-order chi connectivity index (χ1) is 9.21. The Morgan fingerprint density at radius 2 is 2.21 bits per heavy atom. The van der Waals surface area contributed by atoms with Crippen molar-refractivity contribution in [1.82, 2.24) is 29.7 Å². The van der Waals surface area contributed by atoms with Gasteiger partial charge in [0.1, 0.15) is 12.7 Å². The number of rotatable bonds is 4. The molecule has 3 rings (SSSR count). The first-order valence-electron chi connectivity index (χ1n) is 6.35. The molecule has 1 saturated carbocycles. The van der Waals surface area contributed by atoms with Crippen LogP contribution in [0.15, 0.2) is 12.7 Å². The Morgan fingerprint density at radius 1 is 1.37 bits per heavy atom. The molecular formula is C11H16N8. The van der Waals surface area contributed by atoms with Crippen LogP contribution in [-0.4, -0.2) is 35.3 Å². The highest BCUT2D eigenvalue weighted by atomic mass is 15.4. The minimum atomic E-state index is 0.105. The molecule has 100 valence electrons. The van der Waals surface area contributed by atoms with Crippen LogP contribution in [0, 0.1) is 0 Å². The minimum Gasteiger partial charge on any atom is -0.368 e. The van der Waals surface area contributed by atoms with Gasteiger partial charge in [0.05, 0.1) is 0 Å². The molecule has 0 radical (unpaired) electrons. The lowest BCUT2D eigenvalue weighted by molar-refractivity contribution is 0.268. The summed E-state index contributed by atoms with van der Waals surface area (Å²) in [6.45, 7) is 2.16. The Labute approximate surface area is 110 Å². The molecule has 0 unspecified atom stereocenters. The van der Waals surface area contributed by atoms with Gasteiger partial charge in [-0.1, -0.05) is 6.92 Å². The molecular weight excluding hydrogens is 244 g/mol. The molecule has 0 aliphatic heterocycles. The van der Waals surface area contributed by atoms with E-state index < -0.39 is 0 Å². The fraction of sp³-hybridized carbons (Fsp3) is 0.545. The van der Waals surface area contributed by atoms with Crippen molar-refractivity contribution in [2.45, 2.75) is 38.1 Å². The van der Waals surface area contributed by atoms with Gasteiger partial charge in [-0.15, -0.1) is 0 Å². The topological polar surface area (TPSA) is 107 Å². The Hall–Kier alpha value is -2.25. The number of anilines is 2. The predicted octanol–water partition coefficient (Wildman–Crippen LogP) is 0.779. The molecule has 2 aromatic rings. The highest BCUT2D eigenvalue weighted by Gasteiger charge is 2.35. The van der Waals surface area contributed by atoms with Crippen molar-refractivity contribution in [2.24, 2.45) is 0 Å². The maximum Gasteiger partial charge on any atom is 0.258 e. The van der Waals surface area contributed by atoms with Gasteiger partial charge in [0, 0.05) is 5.54 Å². The zero-order valence-electron chi connectivity index (χ0n) is 10.7. The first-order valence-corrected chi connectivity index (χ1v) is 6.35. The van der Waals surface area contributed by atoms with E-state index in [1.165, 1.54) is 23.8 Å². The third-order valence-electron chi connectivity index (χ3n) is 3.63. The molecule has 0 aromatic carbocycles. The van der Waals surface area contributed by atoms with Gasteiger partial charge in [0.25, 0.3) is 5.95 Å². The summed E-state index contributed by atoms with van der Waals surface area (Å²) < 4.78 is 1.46. The largest absolute Gasteiger partial charge is 0.368 e. The Bertz CT molecular complexity index is 555. The molecule has 0 spiro atoms. The molecule has 2 heterocycles. The summed E-state index contributed by atoms with van der Waals surface area (Å²) in [6, 6.07) is 0. The highest BCUT2D eigenvalue weighted by molar-refractivity contribution is 5.38.